The molecule has 0 aliphatic rings. The van der Waals surface area contributed by atoms with Crippen LogP contribution in [-0.4, -0.2) is 15.0 Å². The summed E-state index contributed by atoms with van der Waals surface area (Å²) in [6, 6.07) is 22.7. The lowest BCUT2D eigenvalue weighted by atomic mass is 10.1. The van der Waals surface area contributed by atoms with Gasteiger partial charge in [-0.3, -0.25) is 0 Å². The highest BCUT2D eigenvalue weighted by atomic mass is 35.5. The van der Waals surface area contributed by atoms with Crippen molar-refractivity contribution in [1.82, 2.24) is 15.0 Å². The highest BCUT2D eigenvalue weighted by Crippen LogP contribution is 2.31. The number of hydrogen-bond acceptors (Lipinski definition) is 6. The van der Waals surface area contributed by atoms with Crippen LogP contribution >= 0.6 is 11.6 Å². The fraction of sp³-hybridized carbons (Fsp3) is 0. The van der Waals surface area contributed by atoms with Gasteiger partial charge in [-0.2, -0.15) is 4.98 Å². The lowest BCUT2D eigenvalue weighted by molar-refractivity contribution is 0.628. The molecular weight excluding hydrogens is 439 g/mol. The summed E-state index contributed by atoms with van der Waals surface area (Å²) in [5.74, 6) is 0.309. The second kappa shape index (κ2) is 8.37. The van der Waals surface area contributed by atoms with Gasteiger partial charge in [-0.25, -0.2) is 14.4 Å². The third-order valence-electron chi connectivity index (χ3n) is 5.13. The third kappa shape index (κ3) is 4.26. The van der Waals surface area contributed by atoms with E-state index in [2.05, 4.69) is 20.3 Å². The topological polar surface area (TPSA) is 103 Å². The van der Waals surface area contributed by atoms with E-state index in [1.807, 2.05) is 36.4 Å². The summed E-state index contributed by atoms with van der Waals surface area (Å²) in [6.45, 7) is 0. The molecule has 0 spiro atoms. The molecule has 0 unspecified atom stereocenters. The molecule has 3 aromatic carbocycles. The van der Waals surface area contributed by atoms with Crippen LogP contribution in [-0.2, 0) is 0 Å². The van der Waals surface area contributed by atoms with Crippen molar-refractivity contribution in [3.63, 3.8) is 0 Å². The first-order chi connectivity index (χ1) is 16.0. The number of nitrogens with two attached hydrogens (primary N) is 2. The second-order valence-corrected chi connectivity index (χ2v) is 7.85. The molecule has 33 heavy (non-hydrogen) atoms. The van der Waals surface area contributed by atoms with Crippen LogP contribution in [0.2, 0.25) is 5.02 Å². The van der Waals surface area contributed by atoms with Gasteiger partial charge in [0.05, 0.1) is 16.9 Å². The lowest BCUT2D eigenvalue weighted by Crippen LogP contribution is -2.02. The average molecular weight is 457 g/mol. The number of fused-ring (bicyclic) bond motifs is 1. The normalized spacial score (nSPS) is 11.0. The molecule has 0 amide bonds. The summed E-state index contributed by atoms with van der Waals surface area (Å²) in [7, 11) is 0. The Kier molecular flexibility index (Phi) is 5.24. The van der Waals surface area contributed by atoms with Crippen LogP contribution in [0.3, 0.4) is 0 Å². The minimum atomic E-state index is -0.326. The minimum absolute atomic E-state index is 0.122. The molecule has 0 radical (unpaired) electrons. The first kappa shape index (κ1) is 20.7. The fourth-order valence-corrected chi connectivity index (χ4v) is 3.84. The van der Waals surface area contributed by atoms with Gasteiger partial charge < -0.3 is 16.8 Å². The summed E-state index contributed by atoms with van der Waals surface area (Å²) in [6.07, 6.45) is 0. The Morgan fingerprint density at radius 1 is 0.788 bits per heavy atom. The standard InChI is InChI=1S/C25H18ClFN6/c26-19-7-2-1-6-17(19)23-13-24(33-25(29)32-23)30-16-8-9-21-18(11-16)20(28)12-22(31-21)14-4-3-5-15(27)10-14/h1-13H,(H2,28,31)(H3,29,30,32,33). The van der Waals surface area contributed by atoms with Crippen LogP contribution in [0.5, 0.6) is 0 Å². The number of pyridine rings is 1. The van der Waals surface area contributed by atoms with Crippen LogP contribution in [0, 0.1) is 5.82 Å². The number of rotatable bonds is 4. The van der Waals surface area contributed by atoms with Crippen LogP contribution < -0.4 is 16.8 Å². The van der Waals surface area contributed by atoms with Gasteiger partial charge in [0.15, 0.2) is 0 Å². The molecule has 0 atom stereocenters. The first-order valence-corrected chi connectivity index (χ1v) is 10.5. The summed E-state index contributed by atoms with van der Waals surface area (Å²) in [5, 5.41) is 4.57. The highest BCUT2D eigenvalue weighted by molar-refractivity contribution is 6.33. The maximum Gasteiger partial charge on any atom is 0.222 e. The third-order valence-corrected chi connectivity index (χ3v) is 5.46. The Morgan fingerprint density at radius 3 is 2.45 bits per heavy atom. The molecule has 0 aliphatic carbocycles. The lowest BCUT2D eigenvalue weighted by Gasteiger charge is -2.12. The second-order valence-electron chi connectivity index (χ2n) is 7.44. The summed E-state index contributed by atoms with van der Waals surface area (Å²) in [4.78, 5) is 13.2. The number of nitrogens with one attached hydrogen (secondary N) is 1. The molecule has 2 aromatic heterocycles. The fourth-order valence-electron chi connectivity index (χ4n) is 3.61. The van der Waals surface area contributed by atoms with Crippen molar-refractivity contribution in [2.24, 2.45) is 0 Å². The Balaban J connectivity index is 1.50. The van der Waals surface area contributed by atoms with Crippen molar-refractivity contribution in [2.45, 2.75) is 0 Å². The van der Waals surface area contributed by atoms with E-state index in [0.717, 1.165) is 16.6 Å². The molecule has 0 saturated heterocycles. The molecule has 0 saturated carbocycles. The molecule has 162 valence electrons. The molecule has 0 fully saturated rings. The monoisotopic (exact) mass is 456 g/mol. The summed E-state index contributed by atoms with van der Waals surface area (Å²) >= 11 is 6.31. The molecule has 8 heteroatoms. The number of nitrogens with zero attached hydrogens (tertiary/aromatic N) is 3. The van der Waals surface area contributed by atoms with Gasteiger partial charge in [0.2, 0.25) is 5.95 Å². The van der Waals surface area contributed by atoms with Gasteiger partial charge in [-0.05, 0) is 42.5 Å². The van der Waals surface area contributed by atoms with Crippen molar-refractivity contribution in [2.75, 3.05) is 16.8 Å². The van der Waals surface area contributed by atoms with Crippen LogP contribution in [0.1, 0.15) is 0 Å². The number of hydrogen-bond donors (Lipinski definition) is 3. The molecular formula is C25H18ClFN6. The van der Waals surface area contributed by atoms with E-state index in [9.17, 15) is 4.39 Å². The number of halogens is 2. The minimum Gasteiger partial charge on any atom is -0.398 e. The Labute approximate surface area is 194 Å². The molecule has 5 rings (SSSR count). The number of anilines is 4. The number of benzene rings is 3. The Morgan fingerprint density at radius 2 is 1.64 bits per heavy atom. The SMILES string of the molecule is Nc1nc(Nc2ccc3nc(-c4cccc(F)c4)cc(N)c3c2)cc(-c2ccccc2Cl)n1. The van der Waals surface area contributed by atoms with Crippen LogP contribution in [0.15, 0.2) is 78.9 Å². The van der Waals surface area contributed by atoms with E-state index >= 15 is 0 Å². The van der Waals surface area contributed by atoms with E-state index in [1.165, 1.54) is 12.1 Å². The molecule has 0 bridgehead atoms. The Bertz CT molecular complexity index is 1500. The van der Waals surface area contributed by atoms with Crippen LogP contribution in [0.4, 0.5) is 27.5 Å². The van der Waals surface area contributed by atoms with E-state index in [1.54, 1.807) is 30.3 Å². The van der Waals surface area contributed by atoms with Crippen molar-refractivity contribution >= 4 is 45.6 Å². The van der Waals surface area contributed by atoms with E-state index in [0.29, 0.717) is 39.0 Å². The van der Waals surface area contributed by atoms with Crippen molar-refractivity contribution in [1.29, 1.82) is 0 Å². The first-order valence-electron chi connectivity index (χ1n) is 10.1. The molecule has 5 N–H and O–H groups in total. The largest absolute Gasteiger partial charge is 0.398 e. The predicted octanol–water partition coefficient (Wildman–Crippen LogP) is 6.06. The Hall–Kier alpha value is -4.23. The van der Waals surface area contributed by atoms with Gasteiger partial charge in [0, 0.05) is 39.0 Å². The van der Waals surface area contributed by atoms with Gasteiger partial charge >= 0.3 is 0 Å². The summed E-state index contributed by atoms with van der Waals surface area (Å²) in [5.41, 5.74) is 16.9. The predicted molar refractivity (Wildman–Crippen MR) is 132 cm³/mol. The number of aromatic nitrogens is 3. The van der Waals surface area contributed by atoms with Gasteiger partial charge in [0.25, 0.3) is 0 Å². The smallest absolute Gasteiger partial charge is 0.222 e. The van der Waals surface area contributed by atoms with Gasteiger partial charge in [0.1, 0.15) is 11.6 Å². The van der Waals surface area contributed by atoms with E-state index < -0.39 is 0 Å². The molecule has 5 aromatic rings. The summed E-state index contributed by atoms with van der Waals surface area (Å²) < 4.78 is 13.6. The van der Waals surface area contributed by atoms with Gasteiger partial charge in [-0.15, -0.1) is 0 Å². The van der Waals surface area contributed by atoms with Crippen LogP contribution in [0.25, 0.3) is 33.4 Å². The molecule has 2 heterocycles. The molecule has 0 aliphatic heterocycles. The zero-order valence-corrected chi connectivity index (χ0v) is 18.0. The quantitative estimate of drug-likeness (QED) is 0.304. The zero-order chi connectivity index (χ0) is 22.9. The van der Waals surface area contributed by atoms with Crippen molar-refractivity contribution in [3.05, 3.63) is 89.7 Å². The maximum absolute atomic E-state index is 13.6. The number of nitrogen functional groups attached to an aromatic ring is 2. The highest BCUT2D eigenvalue weighted by Gasteiger charge is 2.11. The van der Waals surface area contributed by atoms with E-state index in [-0.39, 0.29) is 11.8 Å². The zero-order valence-electron chi connectivity index (χ0n) is 17.3. The van der Waals surface area contributed by atoms with Gasteiger partial charge in [-0.1, -0.05) is 41.9 Å². The average Bonchev–Trinajstić information content (AvgIpc) is 2.79. The van der Waals surface area contributed by atoms with Crippen molar-refractivity contribution in [3.8, 4) is 22.5 Å². The maximum atomic E-state index is 13.6. The molecule has 6 nitrogen and oxygen atoms in total. The van der Waals surface area contributed by atoms with Crippen molar-refractivity contribution < 1.29 is 4.39 Å². The van der Waals surface area contributed by atoms with E-state index in [4.69, 9.17) is 23.1 Å².